The minimum atomic E-state index is 1.23. The van der Waals surface area contributed by atoms with Crippen molar-refractivity contribution < 1.29 is 0 Å². The summed E-state index contributed by atoms with van der Waals surface area (Å²) in [5.74, 6) is 37.7. The maximum atomic E-state index is 1.73. The second kappa shape index (κ2) is 5.63. The quantitative estimate of drug-likeness (QED) is 0.303. The van der Waals surface area contributed by atoms with E-state index in [9.17, 15) is 0 Å². The Morgan fingerprint density at radius 2 is 0.225 bits per heavy atom. The van der Waals surface area contributed by atoms with Gasteiger partial charge in [-0.15, -0.1) is 0 Å². The molecule has 20 atom stereocenters. The summed E-state index contributed by atoms with van der Waals surface area (Å²) >= 11 is 0. The van der Waals surface area contributed by atoms with E-state index in [-0.39, 0.29) is 0 Å². The molecule has 0 spiro atoms. The molecule has 0 amide bonds. The average molecular weight is 531 g/mol. The molecule has 0 heteroatoms. The normalized spacial score (nSPS) is 87.0. The molecule has 0 saturated heterocycles. The fourth-order valence-corrected chi connectivity index (χ4v) is 24.8. The van der Waals surface area contributed by atoms with E-state index in [2.05, 4.69) is 0 Å². The van der Waals surface area contributed by atoms with Crippen LogP contribution in [0.1, 0.15) is 64.2 Å². The van der Waals surface area contributed by atoms with Crippen LogP contribution in [0.3, 0.4) is 0 Å². The molecule has 20 unspecified atom stereocenters. The lowest BCUT2D eigenvalue weighted by Gasteiger charge is -2.61. The van der Waals surface area contributed by atoms with Crippen LogP contribution in [0.25, 0.3) is 0 Å². The van der Waals surface area contributed by atoms with E-state index in [0.29, 0.717) is 0 Å². The van der Waals surface area contributed by atoms with Gasteiger partial charge in [0.05, 0.1) is 0 Å². The van der Waals surface area contributed by atoms with Crippen molar-refractivity contribution in [3.8, 4) is 0 Å². The zero-order valence-corrected chi connectivity index (χ0v) is 24.4. The van der Waals surface area contributed by atoms with Crippen molar-refractivity contribution in [3.63, 3.8) is 0 Å². The Morgan fingerprint density at radius 3 is 0.350 bits per heavy atom. The van der Waals surface area contributed by atoms with Crippen LogP contribution in [-0.2, 0) is 0 Å². The fraction of sp³-hybridized carbons (Fsp3) is 1.00. The molecule has 0 nitrogen and oxygen atoms in total. The number of hydrogen-bond acceptors (Lipinski definition) is 0. The third-order valence-electron chi connectivity index (χ3n) is 23.0. The van der Waals surface area contributed by atoms with Crippen LogP contribution in [0.5, 0.6) is 0 Å². The van der Waals surface area contributed by atoms with Gasteiger partial charge in [-0.25, -0.2) is 0 Å². The monoisotopic (exact) mass is 530 g/mol. The summed E-state index contributed by atoms with van der Waals surface area (Å²) in [4.78, 5) is 0. The van der Waals surface area contributed by atoms with Gasteiger partial charge in [-0.3, -0.25) is 0 Å². The molecule has 0 heterocycles. The van der Waals surface area contributed by atoms with Crippen molar-refractivity contribution in [2.24, 2.45) is 178 Å². The van der Waals surface area contributed by atoms with Gasteiger partial charge in [0, 0.05) is 0 Å². The highest BCUT2D eigenvalue weighted by atomic mass is 14.9. The molecule has 0 N–H and O–H groups in total. The molecule has 40 heavy (non-hydrogen) atoms. The van der Waals surface area contributed by atoms with Gasteiger partial charge in [0.2, 0.25) is 0 Å². The van der Waals surface area contributed by atoms with E-state index in [1.807, 2.05) is 0 Å². The predicted molar refractivity (Wildman–Crippen MR) is 151 cm³/mol. The van der Waals surface area contributed by atoms with Crippen molar-refractivity contribution in [1.82, 2.24) is 0 Å². The first-order valence-electron chi connectivity index (χ1n) is 19.9. The van der Waals surface area contributed by atoms with Crippen LogP contribution in [0.2, 0.25) is 0 Å². The summed E-state index contributed by atoms with van der Waals surface area (Å²) in [5, 5.41) is 0. The Kier molecular flexibility index (Phi) is 2.83. The Hall–Kier alpha value is 0. The highest BCUT2D eigenvalue weighted by Crippen LogP contribution is 2.92. The van der Waals surface area contributed by atoms with Crippen molar-refractivity contribution in [1.29, 1.82) is 0 Å². The summed E-state index contributed by atoms with van der Waals surface area (Å²) in [5.41, 5.74) is 0. The van der Waals surface area contributed by atoms with Gasteiger partial charge in [0.15, 0.2) is 0 Å². The van der Waals surface area contributed by atoms with Crippen LogP contribution in [-0.4, -0.2) is 0 Å². The second-order valence-corrected chi connectivity index (χ2v) is 21.1. The van der Waals surface area contributed by atoms with Gasteiger partial charge in [-0.2, -0.15) is 0 Å². The predicted octanol–water partition coefficient (Wildman–Crippen LogP) is 7.59. The third-order valence-corrected chi connectivity index (χ3v) is 23.0. The van der Waals surface area contributed by atoms with Gasteiger partial charge in [-0.05, 0) is 242 Å². The summed E-state index contributed by atoms with van der Waals surface area (Å²) < 4.78 is 0. The maximum absolute atomic E-state index is 1.73. The lowest BCUT2D eigenvalue weighted by molar-refractivity contribution is -0.147. The van der Waals surface area contributed by atoms with E-state index in [1.54, 1.807) is 64.2 Å². The van der Waals surface area contributed by atoms with Gasteiger partial charge in [0.1, 0.15) is 0 Å². The maximum Gasteiger partial charge on any atom is -0.0312 e. The Balaban J connectivity index is 1.07. The summed E-state index contributed by atoms with van der Waals surface area (Å²) in [6.45, 7) is 0. The SMILES string of the molecule is C1CC2C3CCC4C5CCC6C7CCC8C9CCC%10C1C1C2C2C3C4C3C5C6C4C7C8C5C9C%10C1C1C2C3C4C51. The summed E-state index contributed by atoms with van der Waals surface area (Å²) in [6, 6.07) is 0. The minimum Gasteiger partial charge on any atom is -0.0496 e. The zero-order valence-electron chi connectivity index (χ0n) is 24.4. The molecule has 16 fully saturated rings. The van der Waals surface area contributed by atoms with Gasteiger partial charge >= 0.3 is 0 Å². The lowest BCUT2D eigenvalue weighted by Crippen LogP contribution is -2.58. The molecule has 0 bridgehead atoms. The largest absolute Gasteiger partial charge is 0.0496 e. The van der Waals surface area contributed by atoms with E-state index >= 15 is 0 Å². The van der Waals surface area contributed by atoms with Gasteiger partial charge in [0.25, 0.3) is 0 Å². The standard InChI is InChI=1S/C40H50/c1-2-12-14-5-6-16-18-9-10-20-19-8-7-17-15-4-3-13-11(1)21-22(12)32-24(14)26(16)34-29(18)30(20)35-28(19)27(17)33-25(15)23(13)31(21)36-37(32)39(34)40(35)38(33)36/h11-40H,1-10H2. The van der Waals surface area contributed by atoms with Crippen LogP contribution in [0.15, 0.2) is 0 Å². The lowest BCUT2D eigenvalue weighted by atomic mass is 9.43. The molecule has 210 valence electrons. The van der Waals surface area contributed by atoms with Crippen LogP contribution in [0.4, 0.5) is 0 Å². The van der Waals surface area contributed by atoms with E-state index in [1.165, 1.54) is 178 Å². The first-order valence-corrected chi connectivity index (χ1v) is 19.9. The van der Waals surface area contributed by atoms with Crippen molar-refractivity contribution in [2.75, 3.05) is 0 Å². The number of fused-ring (bicyclic) bond motifs is 5. The fourth-order valence-electron chi connectivity index (χ4n) is 24.8. The molecule has 0 radical (unpaired) electrons. The molecule has 0 aliphatic heterocycles. The van der Waals surface area contributed by atoms with Crippen molar-refractivity contribution >= 4 is 0 Å². The smallest absolute Gasteiger partial charge is 0.0312 e. The Morgan fingerprint density at radius 1 is 0.125 bits per heavy atom. The average Bonchev–Trinajstić information content (AvgIpc) is 3.79. The summed E-state index contributed by atoms with van der Waals surface area (Å²) in [7, 11) is 0. The Bertz CT molecular complexity index is 1010. The molecular weight excluding hydrogens is 480 g/mol. The number of rotatable bonds is 0. The molecule has 16 rings (SSSR count). The Labute approximate surface area is 241 Å². The van der Waals surface area contributed by atoms with Crippen LogP contribution >= 0.6 is 0 Å². The first-order chi connectivity index (χ1) is 19.9. The molecule has 16 saturated carbocycles. The first kappa shape index (κ1) is 20.1. The second-order valence-electron chi connectivity index (χ2n) is 21.1. The molecule has 0 aromatic carbocycles. The van der Waals surface area contributed by atoms with E-state index in [0.717, 1.165) is 0 Å². The molecule has 16 aliphatic rings. The third kappa shape index (κ3) is 1.52. The van der Waals surface area contributed by atoms with Crippen molar-refractivity contribution in [3.05, 3.63) is 0 Å². The van der Waals surface area contributed by atoms with Gasteiger partial charge < -0.3 is 0 Å². The molecule has 16 aliphatic carbocycles. The van der Waals surface area contributed by atoms with Crippen LogP contribution < -0.4 is 0 Å². The molecular formula is C40H50. The zero-order chi connectivity index (χ0) is 24.4. The molecule has 0 aromatic heterocycles. The molecule has 0 aromatic rings. The highest BCUT2D eigenvalue weighted by Gasteiger charge is 2.88. The summed E-state index contributed by atoms with van der Waals surface area (Å²) in [6.07, 6.45) is 17.3. The highest BCUT2D eigenvalue weighted by molar-refractivity contribution is 5.35. The minimum absolute atomic E-state index is 1.23. The van der Waals surface area contributed by atoms with Gasteiger partial charge in [-0.1, -0.05) is 0 Å². The number of hydrogen-bond donors (Lipinski definition) is 0. The van der Waals surface area contributed by atoms with Crippen molar-refractivity contribution in [2.45, 2.75) is 64.2 Å². The van der Waals surface area contributed by atoms with E-state index in [4.69, 9.17) is 0 Å². The van der Waals surface area contributed by atoms with E-state index < -0.39 is 0 Å². The topological polar surface area (TPSA) is 0 Å². The van der Waals surface area contributed by atoms with Crippen LogP contribution in [0, 0.1) is 178 Å².